The van der Waals surface area contributed by atoms with Gasteiger partial charge in [-0.05, 0) is 56.2 Å². The maximum absolute atomic E-state index is 12.3. The van der Waals surface area contributed by atoms with Crippen molar-refractivity contribution in [2.75, 3.05) is 23.1 Å². The number of methoxy groups -OCH3 is 1. The van der Waals surface area contributed by atoms with Crippen LogP contribution in [0.5, 0.6) is 5.75 Å². The summed E-state index contributed by atoms with van der Waals surface area (Å²) in [5.74, 6) is 0.793. The highest BCUT2D eigenvalue weighted by Crippen LogP contribution is 2.30. The van der Waals surface area contributed by atoms with Gasteiger partial charge in [0.1, 0.15) is 11.8 Å². The van der Waals surface area contributed by atoms with E-state index in [0.29, 0.717) is 11.4 Å². The molecule has 0 radical (unpaired) electrons. The molecule has 3 N–H and O–H groups in total. The van der Waals surface area contributed by atoms with Crippen LogP contribution in [0.3, 0.4) is 0 Å². The second-order valence-corrected chi connectivity index (χ2v) is 6.43. The van der Waals surface area contributed by atoms with Gasteiger partial charge in [0.05, 0.1) is 7.11 Å². The summed E-state index contributed by atoms with van der Waals surface area (Å²) in [5.41, 5.74) is 2.25. The SMILES string of the molecule is COc1cccc(NC(=O)C(C)Nc2ccc(NC(=O)C3CC3)cc2)c1. The maximum Gasteiger partial charge on any atom is 0.246 e. The molecule has 1 atom stereocenters. The zero-order chi connectivity index (χ0) is 18.5. The zero-order valence-electron chi connectivity index (χ0n) is 14.9. The van der Waals surface area contributed by atoms with Crippen LogP contribution in [0, 0.1) is 5.92 Å². The average Bonchev–Trinajstić information content (AvgIpc) is 3.48. The topological polar surface area (TPSA) is 79.5 Å². The van der Waals surface area contributed by atoms with Crippen LogP contribution < -0.4 is 20.7 Å². The van der Waals surface area contributed by atoms with Gasteiger partial charge in [-0.1, -0.05) is 6.07 Å². The van der Waals surface area contributed by atoms with Crippen LogP contribution >= 0.6 is 0 Å². The molecule has 3 rings (SSSR count). The molecule has 1 aliphatic carbocycles. The standard InChI is InChI=1S/C20H23N3O3/c1-13(19(24)23-17-4-3-5-18(12-17)26-2)21-15-8-10-16(11-9-15)22-20(25)14-6-7-14/h3-5,8-14,21H,6-7H2,1-2H3,(H,22,25)(H,23,24). The Morgan fingerprint density at radius 3 is 2.35 bits per heavy atom. The van der Waals surface area contributed by atoms with E-state index in [1.165, 1.54) is 0 Å². The van der Waals surface area contributed by atoms with Gasteiger partial charge in [-0.25, -0.2) is 0 Å². The Morgan fingerprint density at radius 2 is 1.69 bits per heavy atom. The van der Waals surface area contributed by atoms with E-state index in [1.54, 1.807) is 20.1 Å². The number of rotatable bonds is 7. The van der Waals surface area contributed by atoms with Crippen molar-refractivity contribution in [1.82, 2.24) is 0 Å². The summed E-state index contributed by atoms with van der Waals surface area (Å²) in [6.07, 6.45) is 1.96. The molecule has 26 heavy (non-hydrogen) atoms. The zero-order valence-corrected chi connectivity index (χ0v) is 14.9. The van der Waals surface area contributed by atoms with E-state index in [-0.39, 0.29) is 17.7 Å². The molecule has 6 nitrogen and oxygen atoms in total. The summed E-state index contributed by atoms with van der Waals surface area (Å²) >= 11 is 0. The largest absolute Gasteiger partial charge is 0.497 e. The minimum atomic E-state index is -0.423. The Hall–Kier alpha value is -3.02. The van der Waals surface area contributed by atoms with Crippen molar-refractivity contribution >= 4 is 28.9 Å². The molecule has 2 aromatic rings. The van der Waals surface area contributed by atoms with Crippen LogP contribution in [0.15, 0.2) is 48.5 Å². The Kier molecular flexibility index (Phi) is 5.41. The van der Waals surface area contributed by atoms with Gasteiger partial charge in [0.25, 0.3) is 0 Å². The molecular weight excluding hydrogens is 330 g/mol. The third kappa shape index (κ3) is 4.75. The lowest BCUT2D eigenvalue weighted by molar-refractivity contribution is -0.117. The van der Waals surface area contributed by atoms with Crippen molar-refractivity contribution in [3.05, 3.63) is 48.5 Å². The normalized spacial score (nSPS) is 14.2. The number of ether oxygens (including phenoxy) is 1. The molecule has 0 saturated heterocycles. The van der Waals surface area contributed by atoms with Crippen molar-refractivity contribution in [2.45, 2.75) is 25.8 Å². The van der Waals surface area contributed by atoms with Gasteiger partial charge in [0.15, 0.2) is 0 Å². The molecule has 6 heteroatoms. The molecule has 0 aliphatic heterocycles. The number of amides is 2. The van der Waals surface area contributed by atoms with E-state index in [2.05, 4.69) is 16.0 Å². The number of hydrogen-bond donors (Lipinski definition) is 3. The fourth-order valence-electron chi connectivity index (χ4n) is 2.51. The Bertz CT molecular complexity index is 785. The van der Waals surface area contributed by atoms with Crippen LogP contribution in [-0.2, 0) is 9.59 Å². The molecule has 0 bridgehead atoms. The monoisotopic (exact) mass is 353 g/mol. The summed E-state index contributed by atoms with van der Waals surface area (Å²) < 4.78 is 5.15. The molecule has 2 aromatic carbocycles. The molecule has 1 aliphatic rings. The van der Waals surface area contributed by atoms with E-state index in [9.17, 15) is 9.59 Å². The van der Waals surface area contributed by atoms with E-state index < -0.39 is 6.04 Å². The fraction of sp³-hybridized carbons (Fsp3) is 0.300. The Labute approximate surface area is 152 Å². The van der Waals surface area contributed by atoms with Gasteiger partial charge >= 0.3 is 0 Å². The average molecular weight is 353 g/mol. The van der Waals surface area contributed by atoms with Gasteiger partial charge in [0, 0.05) is 29.0 Å². The quantitative estimate of drug-likeness (QED) is 0.712. The van der Waals surface area contributed by atoms with E-state index in [4.69, 9.17) is 4.74 Å². The highest BCUT2D eigenvalue weighted by Gasteiger charge is 2.29. The molecule has 1 saturated carbocycles. The minimum absolute atomic E-state index is 0.0803. The number of nitrogens with one attached hydrogen (secondary N) is 3. The lowest BCUT2D eigenvalue weighted by Crippen LogP contribution is -2.31. The fourth-order valence-corrected chi connectivity index (χ4v) is 2.51. The Balaban J connectivity index is 1.53. The molecule has 0 aromatic heterocycles. The first-order valence-electron chi connectivity index (χ1n) is 8.67. The lowest BCUT2D eigenvalue weighted by atomic mass is 10.2. The molecular formula is C20H23N3O3. The van der Waals surface area contributed by atoms with E-state index >= 15 is 0 Å². The summed E-state index contributed by atoms with van der Waals surface area (Å²) in [5, 5.41) is 8.90. The second-order valence-electron chi connectivity index (χ2n) is 6.43. The smallest absolute Gasteiger partial charge is 0.246 e. The number of benzene rings is 2. The van der Waals surface area contributed by atoms with Crippen molar-refractivity contribution < 1.29 is 14.3 Å². The van der Waals surface area contributed by atoms with Gasteiger partial charge in [0.2, 0.25) is 11.8 Å². The van der Waals surface area contributed by atoms with Gasteiger partial charge in [-0.3, -0.25) is 9.59 Å². The number of carbonyl (C=O) groups excluding carboxylic acids is 2. The maximum atomic E-state index is 12.3. The molecule has 1 fully saturated rings. The van der Waals surface area contributed by atoms with Crippen LogP contribution in [0.4, 0.5) is 17.1 Å². The second kappa shape index (κ2) is 7.91. The highest BCUT2D eigenvalue weighted by atomic mass is 16.5. The summed E-state index contributed by atoms with van der Waals surface area (Å²) in [4.78, 5) is 24.1. The van der Waals surface area contributed by atoms with E-state index in [1.807, 2.05) is 42.5 Å². The summed E-state index contributed by atoms with van der Waals surface area (Å²) in [6.45, 7) is 1.79. The predicted molar refractivity (Wildman–Crippen MR) is 103 cm³/mol. The van der Waals surface area contributed by atoms with E-state index in [0.717, 1.165) is 24.2 Å². The first-order valence-corrected chi connectivity index (χ1v) is 8.67. The third-order valence-corrected chi connectivity index (χ3v) is 4.21. The number of anilines is 3. The van der Waals surface area contributed by atoms with Gasteiger partial charge < -0.3 is 20.7 Å². The van der Waals surface area contributed by atoms with Crippen LogP contribution in [0.25, 0.3) is 0 Å². The summed E-state index contributed by atoms with van der Waals surface area (Å²) in [6, 6.07) is 14.1. The molecule has 2 amide bonds. The lowest BCUT2D eigenvalue weighted by Gasteiger charge is -2.16. The van der Waals surface area contributed by atoms with Crippen LogP contribution in [0.2, 0.25) is 0 Å². The third-order valence-electron chi connectivity index (χ3n) is 4.21. The minimum Gasteiger partial charge on any atom is -0.497 e. The number of hydrogen-bond acceptors (Lipinski definition) is 4. The molecule has 136 valence electrons. The van der Waals surface area contributed by atoms with Crippen molar-refractivity contribution in [3.8, 4) is 5.75 Å². The van der Waals surface area contributed by atoms with Gasteiger partial charge in [-0.2, -0.15) is 0 Å². The van der Waals surface area contributed by atoms with Gasteiger partial charge in [-0.15, -0.1) is 0 Å². The first-order chi connectivity index (χ1) is 12.5. The molecule has 0 heterocycles. The Morgan fingerprint density at radius 1 is 1.00 bits per heavy atom. The first kappa shape index (κ1) is 17.8. The number of carbonyl (C=O) groups is 2. The summed E-state index contributed by atoms with van der Waals surface area (Å²) in [7, 11) is 1.59. The van der Waals surface area contributed by atoms with Crippen molar-refractivity contribution in [2.24, 2.45) is 5.92 Å². The predicted octanol–water partition coefficient (Wildman–Crippen LogP) is 3.48. The molecule has 1 unspecified atom stereocenters. The highest BCUT2D eigenvalue weighted by molar-refractivity contribution is 5.96. The van der Waals surface area contributed by atoms with Crippen LogP contribution in [-0.4, -0.2) is 25.0 Å². The van der Waals surface area contributed by atoms with Crippen molar-refractivity contribution in [1.29, 1.82) is 0 Å². The van der Waals surface area contributed by atoms with Crippen LogP contribution in [0.1, 0.15) is 19.8 Å². The molecule has 0 spiro atoms. The van der Waals surface area contributed by atoms with Crippen molar-refractivity contribution in [3.63, 3.8) is 0 Å².